The van der Waals surface area contributed by atoms with Crippen LogP contribution in [-0.4, -0.2) is 41.1 Å². The molecule has 0 radical (unpaired) electrons. The number of hydrogen-bond donors (Lipinski definition) is 1. The first-order valence-electron chi connectivity index (χ1n) is 5.31. The zero-order valence-corrected chi connectivity index (χ0v) is 10.4. The minimum absolute atomic E-state index is 0.130. The monoisotopic (exact) mass is 244 g/mol. The molecule has 0 aromatic carbocycles. The van der Waals surface area contributed by atoms with Crippen LogP contribution in [0.3, 0.4) is 0 Å². The van der Waals surface area contributed by atoms with Crippen molar-refractivity contribution < 1.29 is 4.74 Å². The van der Waals surface area contributed by atoms with Crippen molar-refractivity contribution in [2.24, 2.45) is 0 Å². The molecule has 1 aromatic heterocycles. The van der Waals surface area contributed by atoms with E-state index in [1.54, 1.807) is 6.07 Å². The largest absolute Gasteiger partial charge is 0.476 e. The molecule has 16 heavy (non-hydrogen) atoms. The summed E-state index contributed by atoms with van der Waals surface area (Å²) in [5.74, 6) is 0.551. The van der Waals surface area contributed by atoms with E-state index in [1.165, 1.54) is 0 Å². The van der Waals surface area contributed by atoms with Gasteiger partial charge in [-0.3, -0.25) is 0 Å². The second kappa shape index (κ2) is 6.50. The Morgan fingerprint density at radius 3 is 2.62 bits per heavy atom. The molecule has 0 atom stereocenters. The van der Waals surface area contributed by atoms with Crippen LogP contribution in [-0.2, 0) is 0 Å². The number of nitrogen functional groups attached to an aromatic ring is 1. The number of ether oxygens (including phenoxy) is 1. The molecule has 0 fully saturated rings. The second-order valence-corrected chi connectivity index (χ2v) is 3.65. The Hall–Kier alpha value is -1.07. The van der Waals surface area contributed by atoms with E-state index in [1.807, 2.05) is 0 Å². The summed E-state index contributed by atoms with van der Waals surface area (Å²) in [6.07, 6.45) is 0. The fraction of sp³-hybridized carbons (Fsp3) is 0.600. The first-order chi connectivity index (χ1) is 7.65. The Labute approximate surface area is 101 Å². The van der Waals surface area contributed by atoms with Crippen LogP contribution < -0.4 is 10.5 Å². The van der Waals surface area contributed by atoms with E-state index in [-0.39, 0.29) is 5.95 Å². The molecule has 6 heteroatoms. The Kier molecular flexibility index (Phi) is 5.28. The quantitative estimate of drug-likeness (QED) is 0.767. The molecule has 1 heterocycles. The fourth-order valence-electron chi connectivity index (χ4n) is 1.31. The molecule has 0 aliphatic carbocycles. The van der Waals surface area contributed by atoms with E-state index in [0.717, 1.165) is 19.6 Å². The van der Waals surface area contributed by atoms with Gasteiger partial charge in [0.1, 0.15) is 11.8 Å². The molecule has 0 aliphatic heterocycles. The molecule has 1 rings (SSSR count). The highest BCUT2D eigenvalue weighted by Gasteiger charge is 2.03. The zero-order chi connectivity index (χ0) is 12.0. The highest BCUT2D eigenvalue weighted by molar-refractivity contribution is 6.29. The zero-order valence-electron chi connectivity index (χ0n) is 9.61. The lowest BCUT2D eigenvalue weighted by Crippen LogP contribution is -2.28. The van der Waals surface area contributed by atoms with Gasteiger partial charge in [0.2, 0.25) is 11.8 Å². The predicted molar refractivity (Wildman–Crippen MR) is 64.7 cm³/mol. The lowest BCUT2D eigenvalue weighted by atomic mass is 10.5. The van der Waals surface area contributed by atoms with Crippen LogP contribution in [0.4, 0.5) is 5.95 Å². The summed E-state index contributed by atoms with van der Waals surface area (Å²) < 4.78 is 5.44. The van der Waals surface area contributed by atoms with E-state index in [0.29, 0.717) is 17.6 Å². The van der Waals surface area contributed by atoms with Gasteiger partial charge < -0.3 is 15.4 Å². The number of nitrogens with two attached hydrogens (primary N) is 1. The summed E-state index contributed by atoms with van der Waals surface area (Å²) in [7, 11) is 0. The van der Waals surface area contributed by atoms with Crippen LogP contribution >= 0.6 is 11.6 Å². The van der Waals surface area contributed by atoms with E-state index < -0.39 is 0 Å². The lowest BCUT2D eigenvalue weighted by molar-refractivity contribution is 0.218. The summed E-state index contributed by atoms with van der Waals surface area (Å²) in [5.41, 5.74) is 5.45. The van der Waals surface area contributed by atoms with Gasteiger partial charge in [-0.2, -0.15) is 4.98 Å². The summed E-state index contributed by atoms with van der Waals surface area (Å²) in [5, 5.41) is 0.297. The Morgan fingerprint density at radius 1 is 1.38 bits per heavy atom. The Balaban J connectivity index is 2.42. The van der Waals surface area contributed by atoms with Gasteiger partial charge in [-0.1, -0.05) is 25.4 Å². The molecule has 0 bridgehead atoms. The molecular formula is C10H17ClN4O. The van der Waals surface area contributed by atoms with Gasteiger partial charge >= 0.3 is 0 Å². The second-order valence-electron chi connectivity index (χ2n) is 3.26. The normalized spacial score (nSPS) is 10.8. The van der Waals surface area contributed by atoms with Crippen LogP contribution in [0.25, 0.3) is 0 Å². The third-order valence-electron chi connectivity index (χ3n) is 2.24. The van der Waals surface area contributed by atoms with E-state index >= 15 is 0 Å². The Morgan fingerprint density at radius 2 is 2.06 bits per heavy atom. The number of nitrogens with zero attached hydrogens (tertiary/aromatic N) is 3. The van der Waals surface area contributed by atoms with Gasteiger partial charge in [0.15, 0.2) is 0 Å². The SMILES string of the molecule is CCN(CC)CCOc1cc(Cl)nc(N)n1. The van der Waals surface area contributed by atoms with Crippen LogP contribution in [0.2, 0.25) is 5.15 Å². The third kappa shape index (κ3) is 4.20. The molecule has 1 aromatic rings. The molecule has 0 spiro atoms. The maximum atomic E-state index is 5.72. The first kappa shape index (κ1) is 13.0. The maximum absolute atomic E-state index is 5.72. The van der Waals surface area contributed by atoms with Crippen LogP contribution in [0.1, 0.15) is 13.8 Å². The summed E-state index contributed by atoms with van der Waals surface area (Å²) in [6, 6.07) is 1.56. The molecule has 2 N–H and O–H groups in total. The molecule has 0 amide bonds. The van der Waals surface area contributed by atoms with Gasteiger partial charge in [0.05, 0.1) is 0 Å². The van der Waals surface area contributed by atoms with E-state index in [9.17, 15) is 0 Å². The Bertz CT molecular complexity index is 310. The highest BCUT2D eigenvalue weighted by atomic mass is 35.5. The molecule has 0 aliphatic rings. The molecule has 0 unspecified atom stereocenters. The summed E-state index contributed by atoms with van der Waals surface area (Å²) in [6.45, 7) is 7.66. The summed E-state index contributed by atoms with van der Waals surface area (Å²) in [4.78, 5) is 9.93. The topological polar surface area (TPSA) is 64.3 Å². The minimum Gasteiger partial charge on any atom is -0.476 e. The number of aromatic nitrogens is 2. The average molecular weight is 245 g/mol. The molecule has 0 saturated heterocycles. The molecular weight excluding hydrogens is 228 g/mol. The highest BCUT2D eigenvalue weighted by Crippen LogP contribution is 2.14. The first-order valence-corrected chi connectivity index (χ1v) is 5.68. The van der Waals surface area contributed by atoms with Crippen LogP contribution in [0.5, 0.6) is 5.88 Å². The van der Waals surface area contributed by atoms with Gasteiger partial charge in [0, 0.05) is 12.6 Å². The third-order valence-corrected chi connectivity index (χ3v) is 2.43. The number of likely N-dealkylation sites (N-methyl/N-ethyl adjacent to an activating group) is 1. The van der Waals surface area contributed by atoms with Gasteiger partial charge in [-0.15, -0.1) is 0 Å². The minimum atomic E-state index is 0.130. The predicted octanol–water partition coefficient (Wildman–Crippen LogP) is 1.43. The smallest absolute Gasteiger partial charge is 0.224 e. The number of anilines is 1. The number of rotatable bonds is 6. The number of halogens is 1. The van der Waals surface area contributed by atoms with Crippen molar-refractivity contribution in [1.29, 1.82) is 0 Å². The van der Waals surface area contributed by atoms with Crippen molar-refractivity contribution in [3.8, 4) is 5.88 Å². The standard InChI is InChI=1S/C10H17ClN4O/c1-3-15(4-2)5-6-16-9-7-8(11)13-10(12)14-9/h7H,3-6H2,1-2H3,(H2,12,13,14). The average Bonchev–Trinajstić information content (AvgIpc) is 2.23. The molecule has 5 nitrogen and oxygen atoms in total. The van der Waals surface area contributed by atoms with Crippen molar-refractivity contribution in [2.45, 2.75) is 13.8 Å². The van der Waals surface area contributed by atoms with Crippen molar-refractivity contribution >= 4 is 17.5 Å². The van der Waals surface area contributed by atoms with Crippen LogP contribution in [0, 0.1) is 0 Å². The van der Waals surface area contributed by atoms with Crippen molar-refractivity contribution in [3.63, 3.8) is 0 Å². The van der Waals surface area contributed by atoms with Gasteiger partial charge in [-0.05, 0) is 13.1 Å². The maximum Gasteiger partial charge on any atom is 0.224 e. The van der Waals surface area contributed by atoms with Gasteiger partial charge in [0.25, 0.3) is 0 Å². The van der Waals surface area contributed by atoms with Crippen molar-refractivity contribution in [2.75, 3.05) is 32.0 Å². The molecule has 90 valence electrons. The lowest BCUT2D eigenvalue weighted by Gasteiger charge is -2.17. The molecule has 0 saturated carbocycles. The fourth-order valence-corrected chi connectivity index (χ4v) is 1.49. The van der Waals surface area contributed by atoms with E-state index in [4.69, 9.17) is 22.1 Å². The van der Waals surface area contributed by atoms with Crippen molar-refractivity contribution in [1.82, 2.24) is 14.9 Å². The van der Waals surface area contributed by atoms with Gasteiger partial charge in [-0.25, -0.2) is 4.98 Å². The van der Waals surface area contributed by atoms with E-state index in [2.05, 4.69) is 28.7 Å². The number of hydrogen-bond acceptors (Lipinski definition) is 5. The summed E-state index contributed by atoms with van der Waals surface area (Å²) >= 11 is 5.72. The van der Waals surface area contributed by atoms with Crippen molar-refractivity contribution in [3.05, 3.63) is 11.2 Å². The van der Waals surface area contributed by atoms with Crippen LogP contribution in [0.15, 0.2) is 6.07 Å².